The number of amides is 1. The van der Waals surface area contributed by atoms with Gasteiger partial charge < -0.3 is 0 Å². The van der Waals surface area contributed by atoms with Crippen molar-refractivity contribution in [2.75, 3.05) is 5.32 Å². The van der Waals surface area contributed by atoms with E-state index in [-0.39, 0.29) is 7.54 Å². The van der Waals surface area contributed by atoms with Crippen LogP contribution in [0.1, 0.15) is 13.8 Å². The van der Waals surface area contributed by atoms with Gasteiger partial charge in [0.05, 0.1) is 0 Å². The average Bonchev–Trinajstić information content (AvgIpc) is 2.39. The van der Waals surface area contributed by atoms with Crippen LogP contribution in [0.4, 0.5) is 5.69 Å². The molecule has 0 spiro atoms. The van der Waals surface area contributed by atoms with E-state index in [9.17, 15) is 4.79 Å². The van der Waals surface area contributed by atoms with Crippen LogP contribution in [0.25, 0.3) is 0 Å². The molecule has 0 aliphatic rings. The third kappa shape index (κ3) is 5.71. The number of hydrogen-bond donors (Lipinski definition) is 1. The van der Waals surface area contributed by atoms with Crippen molar-refractivity contribution < 1.29 is 9.53 Å². The number of ether oxygens (including phenoxy) is 1. The molecule has 0 saturated carbocycles. The maximum absolute atomic E-state index is 11.4. The summed E-state index contributed by atoms with van der Waals surface area (Å²) in [4.78, 5) is 34.5. The maximum atomic E-state index is 11.4. The molecule has 0 heterocycles. The fourth-order valence-corrected chi connectivity index (χ4v) is 101. The second kappa shape index (κ2) is 8.72. The first-order chi connectivity index (χ1) is 11.5. The second-order valence-corrected chi connectivity index (χ2v) is 60.6. The number of benzene rings is 1. The molecule has 1 aromatic rings. The van der Waals surface area contributed by atoms with Crippen LogP contribution in [0.15, 0.2) is 24.3 Å². The van der Waals surface area contributed by atoms with Crippen LogP contribution >= 0.6 is 0 Å². The first-order valence-electron chi connectivity index (χ1n) is 9.59. The number of nitrogens with one attached hydrogen (secondary N) is 1. The number of anilines is 1. The summed E-state index contributed by atoms with van der Waals surface area (Å²) in [6.07, 6.45) is 0. The summed E-state index contributed by atoms with van der Waals surface area (Å²) in [5, 5.41) is 2.90. The van der Waals surface area contributed by atoms with E-state index >= 15 is 0 Å². The minimum absolute atomic E-state index is 0.0438. The molecule has 0 radical (unpaired) electrons. The van der Waals surface area contributed by atoms with Gasteiger partial charge in [-0.15, -0.1) is 0 Å². The molecule has 1 N–H and O–H groups in total. The van der Waals surface area contributed by atoms with Gasteiger partial charge in [0.2, 0.25) is 0 Å². The summed E-state index contributed by atoms with van der Waals surface area (Å²) in [5.74, 6) is 0.884. The molecule has 1 rings (SSSR count). The van der Waals surface area contributed by atoms with Crippen molar-refractivity contribution in [3.05, 3.63) is 24.3 Å². The summed E-state index contributed by atoms with van der Waals surface area (Å²) >= 11 is -7.22. The Balaban J connectivity index is 3.54. The van der Waals surface area contributed by atoms with Gasteiger partial charge in [-0.1, -0.05) is 0 Å². The predicted octanol–water partition coefficient (Wildman–Crippen LogP) is 6.25. The molecule has 26 heavy (non-hydrogen) atoms. The number of carbonyl (C=O) groups is 1. The summed E-state index contributed by atoms with van der Waals surface area (Å²) in [5.41, 5.74) is 0.823. The van der Waals surface area contributed by atoms with E-state index in [1.807, 2.05) is 18.2 Å². The summed E-state index contributed by atoms with van der Waals surface area (Å²) in [7, 11) is 0. The van der Waals surface area contributed by atoms with Crippen molar-refractivity contribution >= 4 is 66.7 Å². The molecule has 6 heteroatoms. The molecular weight excluding hydrogens is 642 g/mol. The third-order valence-electron chi connectivity index (χ3n) is 5.57. The van der Waals surface area contributed by atoms with E-state index < -0.39 is 55.1 Å². The second-order valence-electron chi connectivity index (χ2n) is 10.6. The van der Waals surface area contributed by atoms with Gasteiger partial charge in [0.15, 0.2) is 0 Å². The van der Waals surface area contributed by atoms with Gasteiger partial charge in [0, 0.05) is 0 Å². The zero-order chi connectivity index (χ0) is 20.6. The van der Waals surface area contributed by atoms with Gasteiger partial charge >= 0.3 is 175 Å². The van der Waals surface area contributed by atoms with Crippen molar-refractivity contribution in [3.63, 3.8) is 0 Å². The van der Waals surface area contributed by atoms with Crippen molar-refractivity contribution in [2.45, 2.75) is 63.9 Å². The van der Waals surface area contributed by atoms with Crippen LogP contribution in [0.5, 0.6) is 5.75 Å². The molecule has 0 fully saturated rings. The standard InChI is InChI=1S/C11H12NO2.9CH3.3Sn/c1-3-7-14-11-6-4-5-10(8-11)12-9(2)13;;;;;;;;;;;;/h3-6,8H,1-2H3,(H,12,13);9*1H3;;;. The van der Waals surface area contributed by atoms with E-state index in [0.29, 0.717) is 3.93 Å². The molecule has 1 aromatic carbocycles. The predicted molar refractivity (Wildman–Crippen MR) is 124 cm³/mol. The van der Waals surface area contributed by atoms with Crippen LogP contribution < -0.4 is 10.1 Å². The minimum atomic E-state index is -2.51. The SMILES string of the molecule is CC(=O)Nc1cccc(O[C]([CH](C)[Sn]([CH3])([CH3])[CH3])([Sn]([CH3])([CH3])[CH3])[Sn]([CH3])([CH3])[CH3])c1. The summed E-state index contributed by atoms with van der Waals surface area (Å²) < 4.78 is 7.92. The van der Waals surface area contributed by atoms with Crippen LogP contribution in [0.2, 0.25) is 48.4 Å². The molecule has 1 atom stereocenters. The zero-order valence-corrected chi connectivity index (χ0v) is 27.3. The van der Waals surface area contributed by atoms with Gasteiger partial charge in [0.25, 0.3) is 0 Å². The molecule has 0 saturated heterocycles. The summed E-state index contributed by atoms with van der Waals surface area (Å²) in [6, 6.07) is 8.01. The normalized spacial score (nSPS) is 14.7. The first kappa shape index (κ1) is 24.9. The van der Waals surface area contributed by atoms with E-state index in [1.165, 1.54) is 0 Å². The van der Waals surface area contributed by atoms with Crippen LogP contribution in [-0.2, 0) is 4.79 Å². The molecule has 1 amide bonds. The fraction of sp³-hybridized carbons (Fsp3) is 0.650. The van der Waals surface area contributed by atoms with E-state index in [2.05, 4.69) is 62.8 Å². The van der Waals surface area contributed by atoms with Crippen molar-refractivity contribution in [3.8, 4) is 5.75 Å². The summed E-state index contributed by atoms with van der Waals surface area (Å²) in [6.45, 7) is 4.04. The molecule has 0 aromatic heterocycles. The van der Waals surface area contributed by atoms with Crippen molar-refractivity contribution in [1.29, 1.82) is 0 Å². The Bertz CT molecular complexity index is 626. The van der Waals surface area contributed by atoms with Gasteiger partial charge in [-0.25, -0.2) is 0 Å². The Morgan fingerprint density at radius 1 is 1.00 bits per heavy atom. The van der Waals surface area contributed by atoms with Crippen LogP contribution in [0.3, 0.4) is 0 Å². The van der Waals surface area contributed by atoms with Gasteiger partial charge in [-0.05, 0) is 0 Å². The van der Waals surface area contributed by atoms with E-state index in [4.69, 9.17) is 4.74 Å². The Kier molecular flexibility index (Phi) is 8.36. The number of carbonyl (C=O) groups excluding carboxylic acids is 1. The molecular formula is C20H39NO2Sn3. The van der Waals surface area contributed by atoms with Crippen LogP contribution in [0, 0.1) is 0 Å². The van der Waals surface area contributed by atoms with Crippen LogP contribution in [-0.4, -0.2) is 62.7 Å². The molecule has 3 nitrogen and oxygen atoms in total. The average molecular weight is 682 g/mol. The molecule has 148 valence electrons. The quantitative estimate of drug-likeness (QED) is 0.346. The molecule has 0 bridgehead atoms. The van der Waals surface area contributed by atoms with E-state index in [1.54, 1.807) is 6.92 Å². The zero-order valence-electron chi connectivity index (χ0n) is 18.7. The van der Waals surface area contributed by atoms with E-state index in [0.717, 1.165) is 11.4 Å². The van der Waals surface area contributed by atoms with Crippen molar-refractivity contribution in [1.82, 2.24) is 0 Å². The molecule has 0 aliphatic heterocycles. The Morgan fingerprint density at radius 2 is 1.50 bits per heavy atom. The Labute approximate surface area is 173 Å². The third-order valence-corrected chi connectivity index (χ3v) is 63.3. The Morgan fingerprint density at radius 3 is 1.88 bits per heavy atom. The fourth-order valence-electron chi connectivity index (χ4n) is 4.45. The topological polar surface area (TPSA) is 38.3 Å². The van der Waals surface area contributed by atoms with Crippen molar-refractivity contribution in [2.24, 2.45) is 0 Å². The number of rotatable bonds is 7. The van der Waals surface area contributed by atoms with Gasteiger partial charge in [0.1, 0.15) is 0 Å². The Hall–Kier alpha value is 0.886. The molecule has 1 unspecified atom stereocenters. The molecule has 0 aliphatic carbocycles. The first-order valence-corrected chi connectivity index (χ1v) is 39.8. The number of hydrogen-bond acceptors (Lipinski definition) is 2. The van der Waals surface area contributed by atoms with Gasteiger partial charge in [-0.2, -0.15) is 0 Å². The van der Waals surface area contributed by atoms with Gasteiger partial charge in [-0.3, -0.25) is 0 Å². The monoisotopic (exact) mass is 685 g/mol.